The number of nitrogens with two attached hydrogens (primary N) is 1. The zero-order valence-electron chi connectivity index (χ0n) is 8.72. The standard InChI is InChI=1S/C12H18N2/c1-8(7-13)5-12(14)10-4-2-3-9-6-11(9)10/h4-5,9,11,14H,2-3,6-7,13H2,1H3/b8-5+,14-12?. The van der Waals surface area contributed by atoms with Crippen molar-refractivity contribution in [1.82, 2.24) is 0 Å². The Bertz CT molecular complexity index is 312. The molecule has 0 aromatic rings. The van der Waals surface area contributed by atoms with Crippen molar-refractivity contribution < 1.29 is 0 Å². The summed E-state index contributed by atoms with van der Waals surface area (Å²) in [4.78, 5) is 0. The Balaban J connectivity index is 2.08. The van der Waals surface area contributed by atoms with Gasteiger partial charge in [0.1, 0.15) is 0 Å². The minimum Gasteiger partial charge on any atom is -0.327 e. The summed E-state index contributed by atoms with van der Waals surface area (Å²) in [5, 5.41) is 7.97. The number of fused-ring (bicyclic) bond motifs is 1. The topological polar surface area (TPSA) is 49.9 Å². The predicted octanol–water partition coefficient (Wildman–Crippen LogP) is 2.27. The largest absolute Gasteiger partial charge is 0.327 e. The second-order valence-corrected chi connectivity index (χ2v) is 4.45. The molecule has 76 valence electrons. The molecule has 2 rings (SSSR count). The monoisotopic (exact) mass is 190 g/mol. The average molecular weight is 190 g/mol. The van der Waals surface area contributed by atoms with E-state index in [0.29, 0.717) is 18.2 Å². The fourth-order valence-electron chi connectivity index (χ4n) is 2.25. The molecular weight excluding hydrogens is 172 g/mol. The molecule has 1 saturated carbocycles. The van der Waals surface area contributed by atoms with Crippen molar-refractivity contribution in [2.24, 2.45) is 17.6 Å². The summed E-state index contributed by atoms with van der Waals surface area (Å²) >= 11 is 0. The van der Waals surface area contributed by atoms with Crippen molar-refractivity contribution in [3.63, 3.8) is 0 Å². The van der Waals surface area contributed by atoms with E-state index in [9.17, 15) is 0 Å². The Kier molecular flexibility index (Phi) is 2.55. The van der Waals surface area contributed by atoms with E-state index < -0.39 is 0 Å². The highest BCUT2D eigenvalue weighted by Gasteiger charge is 2.41. The van der Waals surface area contributed by atoms with Gasteiger partial charge in [0.25, 0.3) is 0 Å². The lowest BCUT2D eigenvalue weighted by atomic mass is 9.95. The predicted molar refractivity (Wildman–Crippen MR) is 59.5 cm³/mol. The number of hydrogen-bond acceptors (Lipinski definition) is 2. The first-order chi connectivity index (χ1) is 6.72. The third-order valence-electron chi connectivity index (χ3n) is 3.25. The molecule has 0 aromatic heterocycles. The average Bonchev–Trinajstić information content (AvgIpc) is 2.95. The normalized spacial score (nSPS) is 30.7. The molecule has 0 aliphatic heterocycles. The zero-order valence-corrected chi connectivity index (χ0v) is 8.72. The molecule has 14 heavy (non-hydrogen) atoms. The second-order valence-electron chi connectivity index (χ2n) is 4.45. The fourth-order valence-corrected chi connectivity index (χ4v) is 2.25. The van der Waals surface area contributed by atoms with Gasteiger partial charge in [-0.05, 0) is 49.7 Å². The molecule has 0 heterocycles. The lowest BCUT2D eigenvalue weighted by Gasteiger charge is -2.11. The van der Waals surface area contributed by atoms with Gasteiger partial charge < -0.3 is 11.1 Å². The number of nitrogens with one attached hydrogen (secondary N) is 1. The van der Waals surface area contributed by atoms with Gasteiger partial charge in [-0.1, -0.05) is 11.6 Å². The molecule has 0 radical (unpaired) electrons. The van der Waals surface area contributed by atoms with Crippen LogP contribution in [0, 0.1) is 17.2 Å². The van der Waals surface area contributed by atoms with E-state index in [1.54, 1.807) is 0 Å². The Morgan fingerprint density at radius 2 is 2.50 bits per heavy atom. The molecule has 0 bridgehead atoms. The van der Waals surface area contributed by atoms with E-state index in [2.05, 4.69) is 6.08 Å². The van der Waals surface area contributed by atoms with Crippen molar-refractivity contribution >= 4 is 5.71 Å². The van der Waals surface area contributed by atoms with Crippen LogP contribution in [0.25, 0.3) is 0 Å². The number of allylic oxidation sites excluding steroid dienone is 3. The van der Waals surface area contributed by atoms with Crippen LogP contribution in [0.2, 0.25) is 0 Å². The second kappa shape index (κ2) is 3.70. The molecule has 2 atom stereocenters. The van der Waals surface area contributed by atoms with E-state index in [-0.39, 0.29) is 0 Å². The van der Waals surface area contributed by atoms with Crippen LogP contribution in [-0.4, -0.2) is 12.3 Å². The van der Waals surface area contributed by atoms with Gasteiger partial charge in [0.2, 0.25) is 0 Å². The van der Waals surface area contributed by atoms with Crippen LogP contribution in [0.1, 0.15) is 26.2 Å². The van der Waals surface area contributed by atoms with Crippen LogP contribution in [-0.2, 0) is 0 Å². The third-order valence-corrected chi connectivity index (χ3v) is 3.25. The van der Waals surface area contributed by atoms with E-state index >= 15 is 0 Å². The molecule has 2 unspecified atom stereocenters. The Hall–Kier alpha value is -0.890. The maximum atomic E-state index is 7.97. The lowest BCUT2D eigenvalue weighted by molar-refractivity contribution is 0.672. The van der Waals surface area contributed by atoms with Gasteiger partial charge in [-0.2, -0.15) is 0 Å². The molecule has 0 aromatic carbocycles. The SMILES string of the molecule is C/C(=C\C(=N)C1=CCCC2CC12)CN. The van der Waals surface area contributed by atoms with Gasteiger partial charge >= 0.3 is 0 Å². The van der Waals surface area contributed by atoms with Crippen molar-refractivity contribution in [1.29, 1.82) is 5.41 Å². The maximum absolute atomic E-state index is 7.97. The van der Waals surface area contributed by atoms with Crippen molar-refractivity contribution in [2.45, 2.75) is 26.2 Å². The third kappa shape index (κ3) is 1.80. The van der Waals surface area contributed by atoms with Gasteiger partial charge in [0, 0.05) is 6.54 Å². The van der Waals surface area contributed by atoms with E-state index in [0.717, 1.165) is 17.9 Å². The molecule has 2 heteroatoms. The Labute approximate surface area is 85.4 Å². The summed E-state index contributed by atoms with van der Waals surface area (Å²) in [6.07, 6.45) is 7.97. The molecule has 0 spiro atoms. The van der Waals surface area contributed by atoms with Gasteiger partial charge in [-0.3, -0.25) is 0 Å². The molecule has 3 N–H and O–H groups in total. The molecule has 0 saturated heterocycles. The number of hydrogen-bond donors (Lipinski definition) is 2. The Morgan fingerprint density at radius 1 is 1.71 bits per heavy atom. The zero-order chi connectivity index (χ0) is 10.1. The quantitative estimate of drug-likeness (QED) is 0.659. The van der Waals surface area contributed by atoms with E-state index in [1.807, 2.05) is 13.0 Å². The smallest absolute Gasteiger partial charge is 0.0571 e. The highest BCUT2D eigenvalue weighted by atomic mass is 14.5. The van der Waals surface area contributed by atoms with Crippen LogP contribution in [0.5, 0.6) is 0 Å². The lowest BCUT2D eigenvalue weighted by Crippen LogP contribution is -2.08. The minimum absolute atomic E-state index is 0.559. The van der Waals surface area contributed by atoms with E-state index in [1.165, 1.54) is 18.4 Å². The van der Waals surface area contributed by atoms with E-state index in [4.69, 9.17) is 11.1 Å². The van der Waals surface area contributed by atoms with Crippen LogP contribution >= 0.6 is 0 Å². The number of rotatable bonds is 3. The molecular formula is C12H18N2. The Morgan fingerprint density at radius 3 is 3.21 bits per heavy atom. The highest BCUT2D eigenvalue weighted by molar-refractivity contribution is 6.07. The summed E-state index contributed by atoms with van der Waals surface area (Å²) in [5.74, 6) is 1.60. The first-order valence-corrected chi connectivity index (χ1v) is 5.38. The van der Waals surface area contributed by atoms with Crippen molar-refractivity contribution in [3.8, 4) is 0 Å². The summed E-state index contributed by atoms with van der Waals surface area (Å²) in [6, 6.07) is 0. The molecule has 0 amide bonds. The minimum atomic E-state index is 0.559. The molecule has 1 fully saturated rings. The van der Waals surface area contributed by atoms with Gasteiger partial charge in [-0.25, -0.2) is 0 Å². The summed E-state index contributed by atoms with van der Waals surface area (Å²) < 4.78 is 0. The fraction of sp³-hybridized carbons (Fsp3) is 0.583. The summed E-state index contributed by atoms with van der Waals surface area (Å²) in [7, 11) is 0. The maximum Gasteiger partial charge on any atom is 0.0571 e. The van der Waals surface area contributed by atoms with Gasteiger partial charge in [0.15, 0.2) is 0 Å². The highest BCUT2D eigenvalue weighted by Crippen LogP contribution is 2.50. The molecule has 2 aliphatic carbocycles. The first-order valence-electron chi connectivity index (χ1n) is 5.38. The molecule has 2 aliphatic rings. The van der Waals surface area contributed by atoms with Gasteiger partial charge in [0.05, 0.1) is 5.71 Å². The van der Waals surface area contributed by atoms with Crippen LogP contribution < -0.4 is 5.73 Å². The van der Waals surface area contributed by atoms with Gasteiger partial charge in [-0.15, -0.1) is 0 Å². The summed E-state index contributed by atoms with van der Waals surface area (Å²) in [6.45, 7) is 2.55. The molecule has 2 nitrogen and oxygen atoms in total. The van der Waals surface area contributed by atoms with Crippen LogP contribution in [0.4, 0.5) is 0 Å². The van der Waals surface area contributed by atoms with Crippen LogP contribution in [0.3, 0.4) is 0 Å². The van der Waals surface area contributed by atoms with Crippen molar-refractivity contribution in [2.75, 3.05) is 6.54 Å². The summed E-state index contributed by atoms with van der Waals surface area (Å²) in [5.41, 5.74) is 8.57. The van der Waals surface area contributed by atoms with Crippen molar-refractivity contribution in [3.05, 3.63) is 23.3 Å². The van der Waals surface area contributed by atoms with Crippen LogP contribution in [0.15, 0.2) is 23.3 Å². The first kappa shape index (κ1) is 9.66.